The van der Waals surface area contributed by atoms with Gasteiger partial charge in [0.25, 0.3) is 0 Å². The minimum Gasteiger partial charge on any atom is -0.475 e. The molecular weight excluding hydrogens is 268 g/mol. The zero-order chi connectivity index (χ0) is 15.8. The van der Waals surface area contributed by atoms with E-state index in [0.717, 1.165) is 39.9 Å². The van der Waals surface area contributed by atoms with Crippen LogP contribution in [0.15, 0.2) is 0 Å². The van der Waals surface area contributed by atoms with Gasteiger partial charge < -0.3 is 9.47 Å². The molecule has 0 aromatic heterocycles. The average molecular weight is 290 g/mol. The molecule has 0 saturated heterocycles. The first kappa shape index (κ1) is 15.5. The van der Waals surface area contributed by atoms with Gasteiger partial charge in [0.1, 0.15) is 5.75 Å². The van der Waals surface area contributed by atoms with Crippen LogP contribution in [-0.2, 0) is 16.0 Å². The summed E-state index contributed by atoms with van der Waals surface area (Å²) in [6, 6.07) is 0. The number of fused-ring (bicyclic) bond motifs is 1. The molecule has 1 aliphatic rings. The lowest BCUT2D eigenvalue weighted by Gasteiger charge is -2.36. The molecule has 1 unspecified atom stereocenters. The van der Waals surface area contributed by atoms with Gasteiger partial charge in [0, 0.05) is 12.0 Å². The lowest BCUT2D eigenvalue weighted by molar-refractivity contribution is -0.161. The third-order valence-corrected chi connectivity index (χ3v) is 4.44. The molecule has 1 aromatic carbocycles. The summed E-state index contributed by atoms with van der Waals surface area (Å²) in [4.78, 5) is 23.4. The third-order valence-electron chi connectivity index (χ3n) is 4.44. The summed E-state index contributed by atoms with van der Waals surface area (Å²) < 4.78 is 11.2. The molecule has 2 rings (SSSR count). The highest BCUT2D eigenvalue weighted by molar-refractivity contribution is 5.84. The Hall–Kier alpha value is -1.84. The lowest BCUT2D eigenvalue weighted by atomic mass is 9.85. The Kier molecular flexibility index (Phi) is 4.08. The minimum atomic E-state index is -0.949. The summed E-state index contributed by atoms with van der Waals surface area (Å²) in [5.41, 5.74) is 3.60. The zero-order valence-corrected chi connectivity index (χ0v) is 13.3. The highest BCUT2D eigenvalue weighted by Gasteiger charge is 2.41. The van der Waals surface area contributed by atoms with Gasteiger partial charge in [0.2, 0.25) is 5.60 Å². The maximum absolute atomic E-state index is 12.1. The summed E-state index contributed by atoms with van der Waals surface area (Å²) in [5.74, 6) is 0.405. The van der Waals surface area contributed by atoms with Crippen LogP contribution in [0.1, 0.15) is 52.9 Å². The second kappa shape index (κ2) is 5.51. The Bertz CT molecular complexity index is 604. The number of carbonyl (C=O) groups is 2. The molecular formula is C17H22O4. The number of carbonyl (C=O) groups excluding carboxylic acids is 2. The molecule has 21 heavy (non-hydrogen) atoms. The first-order valence-corrected chi connectivity index (χ1v) is 7.29. The maximum Gasteiger partial charge on any atom is 0.350 e. The van der Waals surface area contributed by atoms with Crippen LogP contribution in [-0.4, -0.2) is 24.5 Å². The van der Waals surface area contributed by atoms with E-state index < -0.39 is 5.60 Å². The minimum absolute atomic E-state index is 0.329. The van der Waals surface area contributed by atoms with Crippen LogP contribution in [0.4, 0.5) is 0 Å². The fraction of sp³-hybridized carbons (Fsp3) is 0.529. The normalized spacial score (nSPS) is 20.4. The molecule has 0 bridgehead atoms. The fourth-order valence-electron chi connectivity index (χ4n) is 2.90. The molecule has 0 spiro atoms. The van der Waals surface area contributed by atoms with Crippen LogP contribution >= 0.6 is 0 Å². The third kappa shape index (κ3) is 2.43. The molecule has 0 saturated carbocycles. The number of rotatable bonds is 3. The number of benzene rings is 1. The first-order valence-electron chi connectivity index (χ1n) is 7.29. The van der Waals surface area contributed by atoms with Crippen molar-refractivity contribution in [3.05, 3.63) is 27.8 Å². The van der Waals surface area contributed by atoms with E-state index >= 15 is 0 Å². The van der Waals surface area contributed by atoms with Crippen molar-refractivity contribution in [2.75, 3.05) is 6.61 Å². The molecule has 4 heteroatoms. The number of hydrogen-bond acceptors (Lipinski definition) is 4. The van der Waals surface area contributed by atoms with Crippen LogP contribution in [0.3, 0.4) is 0 Å². The van der Waals surface area contributed by atoms with Crippen molar-refractivity contribution in [3.63, 3.8) is 0 Å². The van der Waals surface area contributed by atoms with E-state index in [9.17, 15) is 9.59 Å². The molecule has 0 radical (unpaired) electrons. The van der Waals surface area contributed by atoms with Crippen molar-refractivity contribution >= 4 is 12.3 Å². The summed E-state index contributed by atoms with van der Waals surface area (Å²) in [6.07, 6.45) is 2.16. The first-order chi connectivity index (χ1) is 9.85. The topological polar surface area (TPSA) is 52.6 Å². The maximum atomic E-state index is 12.1. The van der Waals surface area contributed by atoms with Crippen molar-refractivity contribution in [2.45, 2.75) is 53.1 Å². The van der Waals surface area contributed by atoms with Crippen molar-refractivity contribution in [2.24, 2.45) is 0 Å². The van der Waals surface area contributed by atoms with E-state index in [1.54, 1.807) is 13.8 Å². The van der Waals surface area contributed by atoms with Gasteiger partial charge in [-0.3, -0.25) is 4.79 Å². The highest BCUT2D eigenvalue weighted by Crippen LogP contribution is 2.40. The van der Waals surface area contributed by atoms with Gasteiger partial charge in [0.15, 0.2) is 6.29 Å². The second-order valence-electron chi connectivity index (χ2n) is 5.77. The van der Waals surface area contributed by atoms with E-state index in [0.29, 0.717) is 19.4 Å². The summed E-state index contributed by atoms with van der Waals surface area (Å²) in [7, 11) is 0. The van der Waals surface area contributed by atoms with Gasteiger partial charge in [-0.05, 0) is 63.3 Å². The summed E-state index contributed by atoms with van der Waals surface area (Å²) in [6.45, 7) is 9.67. The monoisotopic (exact) mass is 290 g/mol. The van der Waals surface area contributed by atoms with Crippen LogP contribution in [0.25, 0.3) is 0 Å². The predicted molar refractivity (Wildman–Crippen MR) is 80.0 cm³/mol. The predicted octanol–water partition coefficient (Wildman–Crippen LogP) is 3.07. The van der Waals surface area contributed by atoms with Crippen molar-refractivity contribution in [1.29, 1.82) is 0 Å². The molecule has 0 fully saturated rings. The Morgan fingerprint density at radius 3 is 2.52 bits per heavy atom. The molecule has 1 aliphatic heterocycles. The molecule has 4 nitrogen and oxygen atoms in total. The lowest BCUT2D eigenvalue weighted by Crippen LogP contribution is -2.46. The number of aldehydes is 1. The van der Waals surface area contributed by atoms with Gasteiger partial charge >= 0.3 is 5.97 Å². The second-order valence-corrected chi connectivity index (χ2v) is 5.77. The smallest absolute Gasteiger partial charge is 0.350 e. The number of esters is 1. The van der Waals surface area contributed by atoms with Gasteiger partial charge in [-0.2, -0.15) is 0 Å². The van der Waals surface area contributed by atoms with E-state index in [-0.39, 0.29) is 5.97 Å². The quantitative estimate of drug-likeness (QED) is 0.634. The van der Waals surface area contributed by atoms with Gasteiger partial charge in [-0.1, -0.05) is 0 Å². The number of hydrogen-bond donors (Lipinski definition) is 0. The van der Waals surface area contributed by atoms with Crippen LogP contribution in [0, 0.1) is 20.8 Å². The Morgan fingerprint density at radius 1 is 1.29 bits per heavy atom. The number of ether oxygens (including phenoxy) is 2. The van der Waals surface area contributed by atoms with E-state index in [2.05, 4.69) is 0 Å². The standard InChI is InChI=1S/C17H22O4/c1-6-20-16(19)17(5)8-7-13-12(4)14(9-18)10(2)11(3)15(13)21-17/h9H,6-8H2,1-5H3. The summed E-state index contributed by atoms with van der Waals surface area (Å²) in [5, 5.41) is 0. The molecule has 0 N–H and O–H groups in total. The average Bonchev–Trinajstić information content (AvgIpc) is 2.45. The zero-order valence-electron chi connectivity index (χ0n) is 13.3. The molecule has 0 amide bonds. The largest absolute Gasteiger partial charge is 0.475 e. The van der Waals surface area contributed by atoms with E-state index in [1.165, 1.54) is 0 Å². The Balaban J connectivity index is 2.51. The Labute approximate surface area is 125 Å². The van der Waals surface area contributed by atoms with Gasteiger partial charge in [0.05, 0.1) is 6.61 Å². The molecule has 1 atom stereocenters. The molecule has 1 heterocycles. The van der Waals surface area contributed by atoms with Crippen molar-refractivity contribution < 1.29 is 19.1 Å². The van der Waals surface area contributed by atoms with E-state index in [1.807, 2.05) is 20.8 Å². The van der Waals surface area contributed by atoms with Crippen LogP contribution < -0.4 is 4.74 Å². The van der Waals surface area contributed by atoms with Crippen molar-refractivity contribution in [1.82, 2.24) is 0 Å². The van der Waals surface area contributed by atoms with Crippen LogP contribution in [0.5, 0.6) is 5.75 Å². The van der Waals surface area contributed by atoms with Crippen molar-refractivity contribution in [3.8, 4) is 5.75 Å². The van der Waals surface area contributed by atoms with Crippen LogP contribution in [0.2, 0.25) is 0 Å². The highest BCUT2D eigenvalue weighted by atomic mass is 16.6. The molecule has 114 valence electrons. The SMILES string of the molecule is CCOC(=O)C1(C)CCc2c(C)c(C=O)c(C)c(C)c2O1. The molecule has 1 aromatic rings. The summed E-state index contributed by atoms with van der Waals surface area (Å²) >= 11 is 0. The van der Waals surface area contributed by atoms with Gasteiger partial charge in [-0.15, -0.1) is 0 Å². The fourth-order valence-corrected chi connectivity index (χ4v) is 2.90. The van der Waals surface area contributed by atoms with E-state index in [4.69, 9.17) is 9.47 Å². The molecule has 0 aliphatic carbocycles. The van der Waals surface area contributed by atoms with Gasteiger partial charge in [-0.25, -0.2) is 4.79 Å². The Morgan fingerprint density at radius 2 is 1.95 bits per heavy atom.